The van der Waals surface area contributed by atoms with Crippen LogP contribution in [0.4, 0.5) is 0 Å². The van der Waals surface area contributed by atoms with Gasteiger partial charge in [0.25, 0.3) is 0 Å². The number of esters is 1. The predicted octanol–water partition coefficient (Wildman–Crippen LogP) is 1.72. The summed E-state index contributed by atoms with van der Waals surface area (Å²) in [7, 11) is 1.36. The summed E-state index contributed by atoms with van der Waals surface area (Å²) >= 11 is 0. The molecular formula is C16H30N2O3. The fourth-order valence-corrected chi connectivity index (χ4v) is 2.83. The summed E-state index contributed by atoms with van der Waals surface area (Å²) in [6, 6.07) is -0.557. The zero-order valence-corrected chi connectivity index (χ0v) is 14.0. The molecule has 0 spiro atoms. The van der Waals surface area contributed by atoms with Crippen LogP contribution in [0.1, 0.15) is 47.0 Å². The summed E-state index contributed by atoms with van der Waals surface area (Å²) in [5.74, 6) is 0.180. The van der Waals surface area contributed by atoms with Crippen molar-refractivity contribution in [1.82, 2.24) is 10.6 Å². The fraction of sp³-hybridized carbons (Fsp3) is 0.875. The number of carbonyl (C=O) groups excluding carboxylic acids is 2. The van der Waals surface area contributed by atoms with E-state index in [0.717, 1.165) is 25.9 Å². The van der Waals surface area contributed by atoms with Gasteiger partial charge in [0.15, 0.2) is 0 Å². The van der Waals surface area contributed by atoms with Crippen LogP contribution in [0.5, 0.6) is 0 Å². The second-order valence-corrected chi connectivity index (χ2v) is 6.94. The van der Waals surface area contributed by atoms with Gasteiger partial charge in [-0.3, -0.25) is 4.79 Å². The average Bonchev–Trinajstić information content (AvgIpc) is 2.46. The quantitative estimate of drug-likeness (QED) is 0.733. The van der Waals surface area contributed by atoms with Crippen molar-refractivity contribution in [2.45, 2.75) is 53.0 Å². The Labute approximate surface area is 128 Å². The van der Waals surface area contributed by atoms with Gasteiger partial charge in [0.05, 0.1) is 7.11 Å². The molecule has 0 aliphatic carbocycles. The number of amides is 1. The zero-order chi connectivity index (χ0) is 16.0. The van der Waals surface area contributed by atoms with Gasteiger partial charge >= 0.3 is 5.97 Å². The number of nitrogens with one attached hydrogen (secondary N) is 2. The number of piperidine rings is 1. The summed E-state index contributed by atoms with van der Waals surface area (Å²) in [5, 5.41) is 6.24. The SMILES string of the molecule is COC(=O)[C@H](CC(C)C)NC(=O)C(C)(C)C1CCCNC1. The van der Waals surface area contributed by atoms with Crippen molar-refractivity contribution in [2.75, 3.05) is 20.2 Å². The van der Waals surface area contributed by atoms with Crippen LogP contribution in [0.2, 0.25) is 0 Å². The van der Waals surface area contributed by atoms with Crippen LogP contribution in [-0.2, 0) is 14.3 Å². The lowest BCUT2D eigenvalue weighted by atomic mass is 9.74. The molecule has 0 bridgehead atoms. The third kappa shape index (κ3) is 4.99. The summed E-state index contributed by atoms with van der Waals surface area (Å²) in [4.78, 5) is 24.5. The lowest BCUT2D eigenvalue weighted by molar-refractivity contribution is -0.147. The molecule has 5 heteroatoms. The molecule has 0 saturated carbocycles. The third-order valence-electron chi connectivity index (χ3n) is 4.40. The molecule has 1 aliphatic heterocycles. The van der Waals surface area contributed by atoms with Crippen LogP contribution in [0, 0.1) is 17.3 Å². The fourth-order valence-electron chi connectivity index (χ4n) is 2.83. The van der Waals surface area contributed by atoms with Crippen molar-refractivity contribution in [3.05, 3.63) is 0 Å². The van der Waals surface area contributed by atoms with E-state index in [4.69, 9.17) is 4.74 Å². The van der Waals surface area contributed by atoms with Crippen LogP contribution in [-0.4, -0.2) is 38.1 Å². The highest BCUT2D eigenvalue weighted by molar-refractivity contribution is 5.87. The van der Waals surface area contributed by atoms with Crippen LogP contribution in [0.3, 0.4) is 0 Å². The first-order chi connectivity index (χ1) is 9.78. The van der Waals surface area contributed by atoms with Crippen molar-refractivity contribution >= 4 is 11.9 Å². The Hall–Kier alpha value is -1.10. The van der Waals surface area contributed by atoms with E-state index in [-0.39, 0.29) is 11.9 Å². The molecule has 21 heavy (non-hydrogen) atoms. The van der Waals surface area contributed by atoms with E-state index in [1.807, 2.05) is 27.7 Å². The molecule has 1 amide bonds. The summed E-state index contributed by atoms with van der Waals surface area (Å²) in [5.41, 5.74) is -0.489. The largest absolute Gasteiger partial charge is 0.467 e. The molecule has 1 fully saturated rings. The third-order valence-corrected chi connectivity index (χ3v) is 4.40. The average molecular weight is 298 g/mol. The highest BCUT2D eigenvalue weighted by Gasteiger charge is 2.39. The number of rotatable bonds is 6. The van der Waals surface area contributed by atoms with E-state index in [2.05, 4.69) is 10.6 Å². The Morgan fingerprint density at radius 2 is 2.05 bits per heavy atom. The van der Waals surface area contributed by atoms with Gasteiger partial charge < -0.3 is 15.4 Å². The molecule has 1 aliphatic rings. The molecule has 0 aromatic rings. The Kier molecular flexibility index (Phi) is 6.65. The predicted molar refractivity (Wildman–Crippen MR) is 82.8 cm³/mol. The Balaban J connectivity index is 2.72. The van der Waals surface area contributed by atoms with Gasteiger partial charge in [-0.25, -0.2) is 4.79 Å². The van der Waals surface area contributed by atoms with Gasteiger partial charge in [-0.2, -0.15) is 0 Å². The standard InChI is InChI=1S/C16H30N2O3/c1-11(2)9-13(14(19)21-5)18-15(20)16(3,4)12-7-6-8-17-10-12/h11-13,17H,6-10H2,1-5H3,(H,18,20)/t12?,13-/m0/s1. The molecule has 1 unspecified atom stereocenters. The van der Waals surface area contributed by atoms with Gasteiger partial charge in [-0.05, 0) is 44.2 Å². The molecule has 0 aromatic heterocycles. The Morgan fingerprint density at radius 1 is 1.38 bits per heavy atom. The molecule has 122 valence electrons. The monoisotopic (exact) mass is 298 g/mol. The lowest BCUT2D eigenvalue weighted by Crippen LogP contribution is -2.52. The maximum atomic E-state index is 12.6. The second-order valence-electron chi connectivity index (χ2n) is 6.94. The molecule has 2 N–H and O–H groups in total. The van der Waals surface area contributed by atoms with E-state index in [1.54, 1.807) is 0 Å². The number of carbonyl (C=O) groups is 2. The molecule has 5 nitrogen and oxygen atoms in total. The van der Waals surface area contributed by atoms with Crippen molar-refractivity contribution in [1.29, 1.82) is 0 Å². The maximum Gasteiger partial charge on any atom is 0.328 e. The van der Waals surface area contributed by atoms with E-state index in [9.17, 15) is 9.59 Å². The van der Waals surface area contributed by atoms with E-state index >= 15 is 0 Å². The first-order valence-electron chi connectivity index (χ1n) is 7.88. The summed E-state index contributed by atoms with van der Waals surface area (Å²) in [6.45, 7) is 9.85. The molecule has 1 saturated heterocycles. The smallest absolute Gasteiger partial charge is 0.328 e. The minimum absolute atomic E-state index is 0.0627. The normalized spacial score (nSPS) is 21.0. The Morgan fingerprint density at radius 3 is 2.52 bits per heavy atom. The minimum Gasteiger partial charge on any atom is -0.467 e. The number of hydrogen-bond donors (Lipinski definition) is 2. The maximum absolute atomic E-state index is 12.6. The van der Waals surface area contributed by atoms with E-state index in [0.29, 0.717) is 18.3 Å². The van der Waals surface area contributed by atoms with Crippen LogP contribution in [0.15, 0.2) is 0 Å². The molecule has 1 heterocycles. The topological polar surface area (TPSA) is 67.4 Å². The first kappa shape index (κ1) is 18.0. The summed E-state index contributed by atoms with van der Waals surface area (Å²) < 4.78 is 4.81. The molecule has 0 radical (unpaired) electrons. The van der Waals surface area contributed by atoms with Gasteiger partial charge in [0, 0.05) is 5.41 Å². The highest BCUT2D eigenvalue weighted by atomic mass is 16.5. The van der Waals surface area contributed by atoms with Crippen molar-refractivity contribution in [3.63, 3.8) is 0 Å². The highest BCUT2D eigenvalue weighted by Crippen LogP contribution is 2.32. The van der Waals surface area contributed by atoms with Crippen LogP contribution in [0.25, 0.3) is 0 Å². The molecule has 2 atom stereocenters. The van der Waals surface area contributed by atoms with Crippen molar-refractivity contribution in [2.24, 2.45) is 17.3 Å². The van der Waals surface area contributed by atoms with Crippen LogP contribution >= 0.6 is 0 Å². The number of methoxy groups -OCH3 is 1. The minimum atomic E-state index is -0.557. The molecule has 0 aromatic carbocycles. The Bertz CT molecular complexity index is 361. The second kappa shape index (κ2) is 7.78. The van der Waals surface area contributed by atoms with Gasteiger partial charge in [0.1, 0.15) is 6.04 Å². The zero-order valence-electron chi connectivity index (χ0n) is 14.0. The van der Waals surface area contributed by atoms with Crippen molar-refractivity contribution < 1.29 is 14.3 Å². The number of ether oxygens (including phenoxy) is 1. The van der Waals surface area contributed by atoms with Crippen LogP contribution < -0.4 is 10.6 Å². The van der Waals surface area contributed by atoms with E-state index in [1.165, 1.54) is 7.11 Å². The lowest BCUT2D eigenvalue weighted by Gasteiger charge is -2.37. The first-order valence-corrected chi connectivity index (χ1v) is 7.88. The molecular weight excluding hydrogens is 268 g/mol. The van der Waals surface area contributed by atoms with Crippen molar-refractivity contribution in [3.8, 4) is 0 Å². The molecule has 1 rings (SSSR count). The van der Waals surface area contributed by atoms with Gasteiger partial charge in [-0.1, -0.05) is 27.7 Å². The van der Waals surface area contributed by atoms with Gasteiger partial charge in [0.2, 0.25) is 5.91 Å². The van der Waals surface area contributed by atoms with E-state index < -0.39 is 11.5 Å². The number of hydrogen-bond acceptors (Lipinski definition) is 4. The van der Waals surface area contributed by atoms with Gasteiger partial charge in [-0.15, -0.1) is 0 Å². The summed E-state index contributed by atoms with van der Waals surface area (Å²) in [6.07, 6.45) is 2.73.